The van der Waals surface area contributed by atoms with E-state index in [-0.39, 0.29) is 12.5 Å². The van der Waals surface area contributed by atoms with E-state index in [2.05, 4.69) is 4.98 Å². The van der Waals surface area contributed by atoms with Gasteiger partial charge in [-0.25, -0.2) is 4.98 Å². The Hall–Kier alpha value is -1.66. The number of hydrogen-bond donors (Lipinski definition) is 1. The first kappa shape index (κ1) is 14.7. The van der Waals surface area contributed by atoms with Crippen LogP contribution in [0.2, 0.25) is 0 Å². The van der Waals surface area contributed by atoms with Gasteiger partial charge < -0.3 is 14.4 Å². The van der Waals surface area contributed by atoms with E-state index in [1.54, 1.807) is 27.0 Å². The molecule has 0 aliphatic rings. The van der Waals surface area contributed by atoms with Gasteiger partial charge in [0.05, 0.1) is 16.2 Å². The molecule has 1 N–H and O–H groups in total. The Morgan fingerprint density at radius 1 is 1.55 bits per heavy atom. The number of aryl methyl sites for hydroxylation is 1. The highest BCUT2D eigenvalue weighted by Crippen LogP contribution is 2.24. The number of furan rings is 1. The van der Waals surface area contributed by atoms with Crippen molar-refractivity contribution in [1.29, 1.82) is 0 Å². The summed E-state index contributed by atoms with van der Waals surface area (Å²) in [5.74, 6) is 0.392. The minimum absolute atomic E-state index is 0.186. The van der Waals surface area contributed by atoms with Crippen molar-refractivity contribution in [3.05, 3.63) is 28.3 Å². The Bertz CT molecular complexity index is 610. The number of rotatable bonds is 4. The number of amides is 1. The highest BCUT2D eigenvalue weighted by atomic mass is 32.1. The summed E-state index contributed by atoms with van der Waals surface area (Å²) in [4.78, 5) is 18.0. The van der Waals surface area contributed by atoms with Crippen LogP contribution in [0.1, 0.15) is 29.2 Å². The molecule has 2 aromatic rings. The van der Waals surface area contributed by atoms with Crippen molar-refractivity contribution in [3.63, 3.8) is 0 Å². The summed E-state index contributed by atoms with van der Waals surface area (Å²) in [6.45, 7) is 5.49. The zero-order valence-electron chi connectivity index (χ0n) is 12.0. The van der Waals surface area contributed by atoms with Crippen LogP contribution in [-0.4, -0.2) is 40.1 Å². The molecular formula is C14H18N2O3S. The second-order valence-corrected chi connectivity index (χ2v) is 6.49. The minimum Gasteiger partial charge on any atom is -0.462 e. The Balaban J connectivity index is 2.14. The number of aromatic nitrogens is 1. The van der Waals surface area contributed by atoms with Gasteiger partial charge in [-0.1, -0.05) is 0 Å². The first-order valence-electron chi connectivity index (χ1n) is 6.25. The number of likely N-dealkylation sites (N-methyl/N-ethyl adjacent to an activating group) is 1. The maximum atomic E-state index is 12.2. The van der Waals surface area contributed by atoms with E-state index in [1.807, 2.05) is 12.3 Å². The van der Waals surface area contributed by atoms with Crippen LogP contribution >= 0.6 is 11.3 Å². The monoisotopic (exact) mass is 294 g/mol. The van der Waals surface area contributed by atoms with Gasteiger partial charge in [0.15, 0.2) is 5.76 Å². The maximum absolute atomic E-state index is 12.2. The van der Waals surface area contributed by atoms with Gasteiger partial charge in [0, 0.05) is 19.0 Å². The third-order valence-electron chi connectivity index (χ3n) is 2.69. The van der Waals surface area contributed by atoms with Gasteiger partial charge in [-0.3, -0.25) is 4.79 Å². The topological polar surface area (TPSA) is 66.6 Å². The van der Waals surface area contributed by atoms with E-state index in [0.29, 0.717) is 11.3 Å². The zero-order valence-corrected chi connectivity index (χ0v) is 12.8. The highest BCUT2D eigenvalue weighted by Gasteiger charge is 2.22. The summed E-state index contributed by atoms with van der Waals surface area (Å²) < 4.78 is 5.40. The Kier molecular flexibility index (Phi) is 3.96. The van der Waals surface area contributed by atoms with Crippen molar-refractivity contribution in [2.45, 2.75) is 26.4 Å². The quantitative estimate of drug-likeness (QED) is 0.941. The fourth-order valence-corrected chi connectivity index (χ4v) is 2.53. The average molecular weight is 294 g/mol. The smallest absolute Gasteiger partial charge is 0.256 e. The Morgan fingerprint density at radius 2 is 2.25 bits per heavy atom. The van der Waals surface area contributed by atoms with Crippen LogP contribution in [-0.2, 0) is 0 Å². The fourth-order valence-electron chi connectivity index (χ4n) is 1.93. The second kappa shape index (κ2) is 5.38. The summed E-state index contributed by atoms with van der Waals surface area (Å²) in [5, 5.41) is 12.6. The molecule has 0 aliphatic carbocycles. The van der Waals surface area contributed by atoms with E-state index in [1.165, 1.54) is 22.5 Å². The summed E-state index contributed by atoms with van der Waals surface area (Å²) in [6.07, 6.45) is 1.42. The lowest BCUT2D eigenvalue weighted by Gasteiger charge is -2.25. The maximum Gasteiger partial charge on any atom is 0.256 e. The molecule has 0 saturated heterocycles. The predicted molar refractivity (Wildman–Crippen MR) is 77.8 cm³/mol. The fraction of sp³-hybridized carbons (Fsp3) is 0.429. The largest absolute Gasteiger partial charge is 0.462 e. The van der Waals surface area contributed by atoms with E-state index in [9.17, 15) is 9.90 Å². The van der Waals surface area contributed by atoms with Crippen molar-refractivity contribution in [3.8, 4) is 11.5 Å². The molecular weight excluding hydrogens is 276 g/mol. The van der Waals surface area contributed by atoms with Gasteiger partial charge in [0.1, 0.15) is 12.0 Å². The first-order valence-corrected chi connectivity index (χ1v) is 7.13. The number of aliphatic hydroxyl groups is 1. The SMILES string of the molecule is Cc1nc(-c2cc(C(=O)N(C)CC(C)(C)O)co2)cs1. The number of thiazole rings is 1. The molecule has 0 fully saturated rings. The van der Waals surface area contributed by atoms with Crippen molar-refractivity contribution >= 4 is 17.2 Å². The van der Waals surface area contributed by atoms with Crippen LogP contribution < -0.4 is 0 Å². The molecule has 6 heteroatoms. The molecule has 0 spiro atoms. The second-order valence-electron chi connectivity index (χ2n) is 5.43. The molecule has 0 radical (unpaired) electrons. The van der Waals surface area contributed by atoms with Crippen LogP contribution in [0.4, 0.5) is 0 Å². The molecule has 0 saturated carbocycles. The third-order valence-corrected chi connectivity index (χ3v) is 3.46. The Labute approximate surface area is 121 Å². The van der Waals surface area contributed by atoms with Crippen molar-refractivity contribution in [2.75, 3.05) is 13.6 Å². The lowest BCUT2D eigenvalue weighted by Crippen LogP contribution is -2.39. The highest BCUT2D eigenvalue weighted by molar-refractivity contribution is 7.09. The lowest BCUT2D eigenvalue weighted by molar-refractivity contribution is 0.0367. The number of hydrogen-bond acceptors (Lipinski definition) is 5. The summed E-state index contributed by atoms with van der Waals surface area (Å²) in [7, 11) is 1.65. The van der Waals surface area contributed by atoms with E-state index < -0.39 is 5.60 Å². The molecule has 2 rings (SSSR count). The van der Waals surface area contributed by atoms with Gasteiger partial charge in [-0.15, -0.1) is 11.3 Å². The molecule has 0 aromatic carbocycles. The number of carbonyl (C=O) groups excluding carboxylic acids is 1. The van der Waals surface area contributed by atoms with E-state index in [0.717, 1.165) is 10.7 Å². The molecule has 0 aliphatic heterocycles. The van der Waals surface area contributed by atoms with Gasteiger partial charge in [0.25, 0.3) is 5.91 Å². The molecule has 2 heterocycles. The number of nitrogens with zero attached hydrogens (tertiary/aromatic N) is 2. The van der Waals surface area contributed by atoms with Crippen LogP contribution in [0.3, 0.4) is 0 Å². The lowest BCUT2D eigenvalue weighted by atomic mass is 10.1. The van der Waals surface area contributed by atoms with Crippen molar-refractivity contribution < 1.29 is 14.3 Å². The molecule has 0 unspecified atom stereocenters. The molecule has 0 bridgehead atoms. The summed E-state index contributed by atoms with van der Waals surface area (Å²) >= 11 is 1.53. The van der Waals surface area contributed by atoms with Crippen LogP contribution in [0.25, 0.3) is 11.5 Å². The zero-order chi connectivity index (χ0) is 14.9. The molecule has 2 aromatic heterocycles. The van der Waals surface area contributed by atoms with Crippen LogP contribution in [0.5, 0.6) is 0 Å². The van der Waals surface area contributed by atoms with Crippen molar-refractivity contribution in [1.82, 2.24) is 9.88 Å². The van der Waals surface area contributed by atoms with Gasteiger partial charge in [0.2, 0.25) is 0 Å². The molecule has 20 heavy (non-hydrogen) atoms. The number of carbonyl (C=O) groups is 1. The summed E-state index contributed by atoms with van der Waals surface area (Å²) in [6, 6.07) is 1.68. The molecule has 108 valence electrons. The normalized spacial score (nSPS) is 11.7. The van der Waals surface area contributed by atoms with Gasteiger partial charge in [-0.05, 0) is 26.8 Å². The van der Waals surface area contributed by atoms with Crippen molar-refractivity contribution in [2.24, 2.45) is 0 Å². The molecule has 1 amide bonds. The van der Waals surface area contributed by atoms with E-state index >= 15 is 0 Å². The minimum atomic E-state index is -0.928. The average Bonchev–Trinajstić information content (AvgIpc) is 2.93. The van der Waals surface area contributed by atoms with Gasteiger partial charge >= 0.3 is 0 Å². The predicted octanol–water partition coefficient (Wildman–Crippen LogP) is 2.55. The van der Waals surface area contributed by atoms with Gasteiger partial charge in [-0.2, -0.15) is 0 Å². The first-order chi connectivity index (χ1) is 9.26. The van der Waals surface area contributed by atoms with Crippen LogP contribution in [0.15, 0.2) is 22.1 Å². The van der Waals surface area contributed by atoms with E-state index in [4.69, 9.17) is 4.42 Å². The standard InChI is InChI=1S/C14H18N2O3S/c1-9-15-11(7-20-9)12-5-10(6-19-12)13(17)16(4)8-14(2,3)18/h5-7,18H,8H2,1-4H3. The van der Waals surface area contributed by atoms with Crippen LogP contribution in [0, 0.1) is 6.92 Å². The molecule has 5 nitrogen and oxygen atoms in total. The summed E-state index contributed by atoms with van der Waals surface area (Å²) in [5.41, 5.74) is 0.261. The third kappa shape index (κ3) is 3.46. The molecule has 0 atom stereocenters. The Morgan fingerprint density at radius 3 is 2.80 bits per heavy atom.